The van der Waals surface area contributed by atoms with Crippen molar-refractivity contribution in [2.45, 2.75) is 37.6 Å². The third kappa shape index (κ3) is 3.26. The molecule has 0 unspecified atom stereocenters. The molecule has 2 aromatic rings. The number of carboxylic acids is 1. The van der Waals surface area contributed by atoms with Crippen LogP contribution in [-0.4, -0.2) is 26.4 Å². The summed E-state index contributed by atoms with van der Waals surface area (Å²) in [6, 6.07) is 4.67. The molecule has 1 heterocycles. The lowest BCUT2D eigenvalue weighted by atomic mass is 10.2. The van der Waals surface area contributed by atoms with Gasteiger partial charge in [-0.3, -0.25) is 9.36 Å². The zero-order valence-electron chi connectivity index (χ0n) is 12.1. The molecule has 1 aromatic heterocycles. The van der Waals surface area contributed by atoms with Gasteiger partial charge in [0.05, 0.1) is 17.2 Å². The summed E-state index contributed by atoms with van der Waals surface area (Å²) < 4.78 is 1.21. The van der Waals surface area contributed by atoms with Crippen molar-refractivity contribution >= 4 is 28.6 Å². The Balaban J connectivity index is 2.53. The number of aliphatic carboxylic acids is 1. The third-order valence-electron chi connectivity index (χ3n) is 3.23. The highest BCUT2D eigenvalue weighted by atomic mass is 32.2. The average molecular weight is 306 g/mol. The molecule has 5 nitrogen and oxygen atoms in total. The topological polar surface area (TPSA) is 72.2 Å². The van der Waals surface area contributed by atoms with E-state index in [2.05, 4.69) is 11.9 Å². The summed E-state index contributed by atoms with van der Waals surface area (Å²) in [4.78, 5) is 29.0. The minimum atomic E-state index is -1.02. The number of carbonyl (C=O) groups is 1. The zero-order chi connectivity index (χ0) is 15.4. The van der Waals surface area contributed by atoms with Crippen molar-refractivity contribution in [2.75, 3.05) is 5.75 Å². The van der Waals surface area contributed by atoms with E-state index in [0.29, 0.717) is 17.3 Å². The molecule has 2 rings (SSSR count). The van der Waals surface area contributed by atoms with Crippen LogP contribution in [0.25, 0.3) is 10.9 Å². The minimum absolute atomic E-state index is 0.298. The number of fused-ring (bicyclic) bond motifs is 1. The number of aromatic nitrogens is 2. The molecule has 0 amide bonds. The van der Waals surface area contributed by atoms with Gasteiger partial charge in [-0.15, -0.1) is 11.8 Å². The second-order valence-electron chi connectivity index (χ2n) is 4.75. The van der Waals surface area contributed by atoms with Crippen LogP contribution in [0.1, 0.15) is 32.7 Å². The van der Waals surface area contributed by atoms with Crippen LogP contribution in [0.2, 0.25) is 0 Å². The lowest BCUT2D eigenvalue weighted by Crippen LogP contribution is -2.29. The zero-order valence-corrected chi connectivity index (χ0v) is 12.9. The smallest absolute Gasteiger partial charge is 0.326 e. The van der Waals surface area contributed by atoms with Crippen LogP contribution >= 0.6 is 11.8 Å². The first-order valence-electron chi connectivity index (χ1n) is 6.95. The van der Waals surface area contributed by atoms with Gasteiger partial charge in [-0.25, -0.2) is 9.78 Å². The normalized spacial score (nSPS) is 12.5. The molecule has 0 spiro atoms. The average Bonchev–Trinajstić information content (AvgIpc) is 2.48. The molecule has 21 heavy (non-hydrogen) atoms. The Morgan fingerprint density at radius 2 is 2.19 bits per heavy atom. The van der Waals surface area contributed by atoms with Crippen molar-refractivity contribution in [1.82, 2.24) is 9.55 Å². The minimum Gasteiger partial charge on any atom is -0.480 e. The highest BCUT2D eigenvalue weighted by Crippen LogP contribution is 2.22. The van der Waals surface area contributed by atoms with E-state index in [1.54, 1.807) is 30.8 Å². The number of rotatable bonds is 6. The number of thioether (sulfide) groups is 1. The van der Waals surface area contributed by atoms with Crippen molar-refractivity contribution in [3.05, 3.63) is 34.9 Å². The van der Waals surface area contributed by atoms with Crippen LogP contribution in [0.4, 0.5) is 0 Å². The molecule has 0 aliphatic carbocycles. The van der Waals surface area contributed by atoms with E-state index >= 15 is 0 Å². The van der Waals surface area contributed by atoms with Crippen molar-refractivity contribution in [1.29, 1.82) is 0 Å². The van der Waals surface area contributed by atoms with Crippen LogP contribution in [-0.2, 0) is 4.79 Å². The van der Waals surface area contributed by atoms with Crippen molar-refractivity contribution in [3.8, 4) is 0 Å². The fourth-order valence-corrected chi connectivity index (χ4v) is 2.94. The number of benzene rings is 1. The predicted molar refractivity (Wildman–Crippen MR) is 84.0 cm³/mol. The van der Waals surface area contributed by atoms with E-state index in [4.69, 9.17) is 0 Å². The molecule has 0 saturated carbocycles. The number of hydrogen-bond acceptors (Lipinski definition) is 4. The largest absolute Gasteiger partial charge is 0.480 e. The number of nitrogens with zero attached hydrogens (tertiary/aromatic N) is 2. The summed E-state index contributed by atoms with van der Waals surface area (Å²) in [5.74, 6) is -0.0376. The van der Waals surface area contributed by atoms with E-state index in [1.807, 2.05) is 6.07 Å². The molecule has 0 aliphatic rings. The van der Waals surface area contributed by atoms with Gasteiger partial charge in [0.2, 0.25) is 0 Å². The molecule has 1 atom stereocenters. The van der Waals surface area contributed by atoms with Gasteiger partial charge in [-0.1, -0.05) is 13.8 Å². The van der Waals surface area contributed by atoms with Gasteiger partial charge in [0.15, 0.2) is 0 Å². The van der Waals surface area contributed by atoms with Crippen molar-refractivity contribution in [3.63, 3.8) is 0 Å². The second-order valence-corrected chi connectivity index (χ2v) is 5.92. The van der Waals surface area contributed by atoms with E-state index < -0.39 is 12.0 Å². The van der Waals surface area contributed by atoms with Gasteiger partial charge in [0.25, 0.3) is 5.56 Å². The fraction of sp³-hybridized carbons (Fsp3) is 0.400. The lowest BCUT2D eigenvalue weighted by Gasteiger charge is -2.13. The molecule has 1 N–H and O–H groups in total. The van der Waals surface area contributed by atoms with Crippen LogP contribution in [0.3, 0.4) is 0 Å². The lowest BCUT2D eigenvalue weighted by molar-refractivity contribution is -0.141. The Bertz CT molecular complexity index is 712. The highest BCUT2D eigenvalue weighted by Gasteiger charge is 2.19. The molecule has 6 heteroatoms. The molecule has 1 aromatic carbocycles. The Morgan fingerprint density at radius 1 is 1.43 bits per heavy atom. The van der Waals surface area contributed by atoms with Gasteiger partial charge in [0.1, 0.15) is 6.04 Å². The third-order valence-corrected chi connectivity index (χ3v) is 4.43. The van der Waals surface area contributed by atoms with Gasteiger partial charge >= 0.3 is 5.97 Å². The monoisotopic (exact) mass is 306 g/mol. The Labute approximate surface area is 127 Å². The molecule has 0 bridgehead atoms. The maximum Gasteiger partial charge on any atom is 0.326 e. The molecular weight excluding hydrogens is 288 g/mol. The standard InChI is InChI=1S/C15H18N2O3S/c1-3-7-21-10-5-6-12-11(8-10)14(18)17(9-16-12)13(4-2)15(19)20/h5-6,8-9,13H,3-4,7H2,1-2H3,(H,19,20)/t13-/m0/s1. The molecule has 0 aliphatic heterocycles. The fourth-order valence-electron chi connectivity index (χ4n) is 2.14. The predicted octanol–water partition coefficient (Wildman–Crippen LogP) is 2.93. The first-order valence-corrected chi connectivity index (χ1v) is 7.93. The van der Waals surface area contributed by atoms with Gasteiger partial charge in [-0.05, 0) is 36.8 Å². The summed E-state index contributed by atoms with van der Waals surface area (Å²) >= 11 is 1.68. The molecule has 112 valence electrons. The van der Waals surface area contributed by atoms with E-state index in [-0.39, 0.29) is 5.56 Å². The van der Waals surface area contributed by atoms with Crippen LogP contribution in [0.15, 0.2) is 34.2 Å². The van der Waals surface area contributed by atoms with E-state index in [9.17, 15) is 14.7 Å². The first kappa shape index (κ1) is 15.6. The molecule has 0 saturated heterocycles. The van der Waals surface area contributed by atoms with Crippen LogP contribution < -0.4 is 5.56 Å². The van der Waals surface area contributed by atoms with Gasteiger partial charge in [-0.2, -0.15) is 0 Å². The van der Waals surface area contributed by atoms with Crippen LogP contribution in [0, 0.1) is 0 Å². The van der Waals surface area contributed by atoms with Crippen molar-refractivity contribution in [2.24, 2.45) is 0 Å². The van der Waals surface area contributed by atoms with Crippen LogP contribution in [0.5, 0.6) is 0 Å². The molecular formula is C15H18N2O3S. The summed E-state index contributed by atoms with van der Waals surface area (Å²) in [5.41, 5.74) is 0.297. The summed E-state index contributed by atoms with van der Waals surface area (Å²) in [6.45, 7) is 3.84. The van der Waals surface area contributed by atoms with E-state index in [0.717, 1.165) is 17.1 Å². The summed E-state index contributed by atoms with van der Waals surface area (Å²) in [7, 11) is 0. The SMILES string of the molecule is CCCSc1ccc2ncn([C@@H](CC)C(=O)O)c(=O)c2c1. The number of carboxylic acid groups (broad SMARTS) is 1. The second kappa shape index (κ2) is 6.76. The molecule has 0 fully saturated rings. The van der Waals surface area contributed by atoms with Gasteiger partial charge in [0, 0.05) is 4.90 Å². The maximum absolute atomic E-state index is 12.5. The number of hydrogen-bond donors (Lipinski definition) is 1. The first-order chi connectivity index (χ1) is 10.1. The Hall–Kier alpha value is -1.82. The summed E-state index contributed by atoms with van der Waals surface area (Å²) in [5, 5.41) is 9.67. The van der Waals surface area contributed by atoms with Gasteiger partial charge < -0.3 is 5.11 Å². The molecule has 0 radical (unpaired) electrons. The Morgan fingerprint density at radius 3 is 2.81 bits per heavy atom. The highest BCUT2D eigenvalue weighted by molar-refractivity contribution is 7.99. The van der Waals surface area contributed by atoms with E-state index in [1.165, 1.54) is 10.9 Å². The quantitative estimate of drug-likeness (QED) is 0.831. The summed E-state index contributed by atoms with van der Waals surface area (Å²) in [6.07, 6.45) is 2.72. The Kier molecular flexibility index (Phi) is 5.01. The van der Waals surface area contributed by atoms with Crippen molar-refractivity contribution < 1.29 is 9.90 Å². The maximum atomic E-state index is 12.5.